The number of aryl methyl sites for hydroxylation is 2. The summed E-state index contributed by atoms with van der Waals surface area (Å²) >= 11 is 0. The van der Waals surface area contributed by atoms with E-state index < -0.39 is 0 Å². The zero-order valence-corrected chi connectivity index (χ0v) is 17.7. The van der Waals surface area contributed by atoms with Crippen molar-refractivity contribution in [3.8, 4) is 11.3 Å². The Hall–Kier alpha value is -2.47. The van der Waals surface area contributed by atoms with Crippen molar-refractivity contribution in [3.63, 3.8) is 0 Å². The van der Waals surface area contributed by atoms with Crippen LogP contribution in [0.4, 0.5) is 5.82 Å². The minimum atomic E-state index is 0.0970. The van der Waals surface area contributed by atoms with Crippen LogP contribution in [-0.2, 0) is 7.05 Å². The van der Waals surface area contributed by atoms with Crippen LogP contribution < -0.4 is 10.6 Å². The molecule has 0 unspecified atom stereocenters. The standard InChI is InChI=1S/C22H30N6/c1-14-9-19(15-7-8-18-16(10-15)13-28(6)26-18)24-25-20(14)23-17-11-21(2,3)27-22(4,5)12-17/h7-10,13,17,27H,11-12H2,1-6H3,(H,23,25). The fourth-order valence-corrected chi connectivity index (χ4v) is 4.69. The first kappa shape index (κ1) is 18.9. The van der Waals surface area contributed by atoms with Crippen LogP contribution in [0.15, 0.2) is 30.5 Å². The highest BCUT2D eigenvalue weighted by molar-refractivity contribution is 5.83. The normalized spacial score (nSPS) is 19.1. The predicted octanol–water partition coefficient (Wildman–Crippen LogP) is 4.06. The minimum Gasteiger partial charge on any atom is -0.365 e. The van der Waals surface area contributed by atoms with Gasteiger partial charge in [0.25, 0.3) is 0 Å². The van der Waals surface area contributed by atoms with Crippen molar-refractivity contribution in [1.29, 1.82) is 0 Å². The van der Waals surface area contributed by atoms with E-state index in [0.717, 1.165) is 46.4 Å². The van der Waals surface area contributed by atoms with E-state index >= 15 is 0 Å². The molecule has 4 rings (SSSR count). The Labute approximate surface area is 166 Å². The van der Waals surface area contributed by atoms with Gasteiger partial charge in [-0.05, 0) is 71.2 Å². The second kappa shape index (κ2) is 6.55. The molecule has 0 atom stereocenters. The van der Waals surface area contributed by atoms with Gasteiger partial charge in [-0.3, -0.25) is 4.68 Å². The number of anilines is 1. The van der Waals surface area contributed by atoms with E-state index in [-0.39, 0.29) is 11.1 Å². The molecule has 0 spiro atoms. The number of fused-ring (bicyclic) bond motifs is 1. The largest absolute Gasteiger partial charge is 0.365 e. The average Bonchev–Trinajstić information content (AvgIpc) is 2.93. The summed E-state index contributed by atoms with van der Waals surface area (Å²) in [6.07, 6.45) is 4.13. The van der Waals surface area contributed by atoms with Gasteiger partial charge in [-0.25, -0.2) is 0 Å². The summed E-state index contributed by atoms with van der Waals surface area (Å²) < 4.78 is 1.83. The molecule has 0 aliphatic carbocycles. The van der Waals surface area contributed by atoms with Crippen LogP contribution in [-0.4, -0.2) is 37.1 Å². The van der Waals surface area contributed by atoms with Gasteiger partial charge in [0.15, 0.2) is 5.82 Å². The molecule has 6 nitrogen and oxygen atoms in total. The third-order valence-corrected chi connectivity index (χ3v) is 5.43. The molecular weight excluding hydrogens is 348 g/mol. The number of nitrogens with zero attached hydrogens (tertiary/aromatic N) is 4. The molecule has 0 saturated carbocycles. The van der Waals surface area contributed by atoms with Crippen LogP contribution in [0.5, 0.6) is 0 Å². The molecule has 1 aliphatic heterocycles. The highest BCUT2D eigenvalue weighted by Crippen LogP contribution is 2.31. The van der Waals surface area contributed by atoms with Crippen LogP contribution in [0.2, 0.25) is 0 Å². The number of piperidine rings is 1. The second-order valence-corrected chi connectivity index (χ2v) is 9.48. The van der Waals surface area contributed by atoms with Crippen molar-refractivity contribution in [2.75, 3.05) is 5.32 Å². The number of rotatable bonds is 3. The maximum atomic E-state index is 4.53. The monoisotopic (exact) mass is 378 g/mol. The highest BCUT2D eigenvalue weighted by Gasteiger charge is 2.37. The van der Waals surface area contributed by atoms with Crippen LogP contribution >= 0.6 is 0 Å². The van der Waals surface area contributed by atoms with Crippen molar-refractivity contribution in [2.45, 2.75) is 64.6 Å². The van der Waals surface area contributed by atoms with Crippen LogP contribution in [0.3, 0.4) is 0 Å². The zero-order chi connectivity index (χ0) is 20.1. The van der Waals surface area contributed by atoms with Crippen molar-refractivity contribution < 1.29 is 0 Å². The topological polar surface area (TPSA) is 67.7 Å². The first-order valence-electron chi connectivity index (χ1n) is 9.94. The number of hydrogen-bond donors (Lipinski definition) is 2. The summed E-state index contributed by atoms with van der Waals surface area (Å²) in [7, 11) is 1.94. The van der Waals surface area contributed by atoms with Crippen LogP contribution in [0, 0.1) is 6.92 Å². The van der Waals surface area contributed by atoms with Gasteiger partial charge < -0.3 is 10.6 Å². The van der Waals surface area contributed by atoms with E-state index in [0.29, 0.717) is 6.04 Å². The molecule has 0 bridgehead atoms. The Morgan fingerprint density at radius 3 is 2.46 bits per heavy atom. The Bertz CT molecular complexity index is 1000. The summed E-state index contributed by atoms with van der Waals surface area (Å²) in [5, 5.41) is 22.0. The molecule has 6 heteroatoms. The van der Waals surface area contributed by atoms with E-state index in [2.05, 4.69) is 78.7 Å². The lowest BCUT2D eigenvalue weighted by Crippen LogP contribution is -2.60. The van der Waals surface area contributed by atoms with Gasteiger partial charge in [-0.2, -0.15) is 5.10 Å². The van der Waals surface area contributed by atoms with Crippen molar-refractivity contribution in [3.05, 3.63) is 36.0 Å². The number of nitrogens with one attached hydrogen (secondary N) is 2. The maximum Gasteiger partial charge on any atom is 0.151 e. The zero-order valence-electron chi connectivity index (χ0n) is 17.7. The Kier molecular flexibility index (Phi) is 4.42. The molecule has 3 heterocycles. The number of aromatic nitrogens is 4. The van der Waals surface area contributed by atoms with E-state index in [1.165, 1.54) is 0 Å². The maximum absolute atomic E-state index is 4.53. The van der Waals surface area contributed by atoms with Crippen LogP contribution in [0.25, 0.3) is 22.2 Å². The van der Waals surface area contributed by atoms with Gasteiger partial charge in [-0.15, -0.1) is 10.2 Å². The van der Waals surface area contributed by atoms with Crippen molar-refractivity contribution in [1.82, 2.24) is 25.3 Å². The first-order chi connectivity index (χ1) is 13.1. The summed E-state index contributed by atoms with van der Waals surface area (Å²) in [4.78, 5) is 0. The van der Waals surface area contributed by atoms with E-state index in [4.69, 9.17) is 0 Å². The summed E-state index contributed by atoms with van der Waals surface area (Å²) in [6, 6.07) is 8.70. The lowest BCUT2D eigenvalue weighted by molar-refractivity contribution is 0.170. The highest BCUT2D eigenvalue weighted by atomic mass is 15.2. The second-order valence-electron chi connectivity index (χ2n) is 9.48. The Morgan fingerprint density at radius 1 is 1.07 bits per heavy atom. The molecule has 0 radical (unpaired) electrons. The SMILES string of the molecule is Cc1cc(-c2ccc3nn(C)cc3c2)nnc1NC1CC(C)(C)NC(C)(C)C1. The molecule has 1 aromatic carbocycles. The van der Waals surface area contributed by atoms with Gasteiger partial charge in [-0.1, -0.05) is 6.07 Å². The van der Waals surface area contributed by atoms with Gasteiger partial charge in [0, 0.05) is 41.3 Å². The molecule has 2 aromatic heterocycles. The molecule has 3 aromatic rings. The van der Waals surface area contributed by atoms with Crippen LogP contribution in [0.1, 0.15) is 46.1 Å². The first-order valence-corrected chi connectivity index (χ1v) is 9.94. The smallest absolute Gasteiger partial charge is 0.151 e. The quantitative estimate of drug-likeness (QED) is 0.719. The molecule has 1 aliphatic rings. The van der Waals surface area contributed by atoms with Gasteiger partial charge in [0.05, 0.1) is 11.2 Å². The third-order valence-electron chi connectivity index (χ3n) is 5.43. The van der Waals surface area contributed by atoms with Crippen molar-refractivity contribution in [2.24, 2.45) is 7.05 Å². The molecule has 1 fully saturated rings. The molecular formula is C22H30N6. The van der Waals surface area contributed by atoms with E-state index in [9.17, 15) is 0 Å². The fraction of sp³-hybridized carbons (Fsp3) is 0.500. The van der Waals surface area contributed by atoms with E-state index in [1.807, 2.05) is 24.0 Å². The lowest BCUT2D eigenvalue weighted by atomic mass is 9.79. The summed E-state index contributed by atoms with van der Waals surface area (Å²) in [5.41, 5.74) is 4.25. The Morgan fingerprint density at radius 2 is 1.79 bits per heavy atom. The lowest BCUT2D eigenvalue weighted by Gasteiger charge is -2.46. The fourth-order valence-electron chi connectivity index (χ4n) is 4.69. The molecule has 2 N–H and O–H groups in total. The molecule has 148 valence electrons. The summed E-state index contributed by atoms with van der Waals surface area (Å²) in [6.45, 7) is 11.1. The van der Waals surface area contributed by atoms with Gasteiger partial charge in [0.2, 0.25) is 0 Å². The predicted molar refractivity (Wildman–Crippen MR) is 114 cm³/mol. The molecule has 0 amide bonds. The Balaban J connectivity index is 1.57. The number of benzene rings is 1. The average molecular weight is 379 g/mol. The summed E-state index contributed by atoms with van der Waals surface area (Å²) in [5.74, 6) is 0.879. The van der Waals surface area contributed by atoms with Crippen molar-refractivity contribution >= 4 is 16.7 Å². The number of hydrogen-bond acceptors (Lipinski definition) is 5. The third kappa shape index (κ3) is 3.87. The minimum absolute atomic E-state index is 0.0970. The van der Waals surface area contributed by atoms with Gasteiger partial charge in [0.1, 0.15) is 0 Å². The molecule has 28 heavy (non-hydrogen) atoms. The molecule has 1 saturated heterocycles. The van der Waals surface area contributed by atoms with Gasteiger partial charge >= 0.3 is 0 Å². The van der Waals surface area contributed by atoms with E-state index in [1.54, 1.807) is 0 Å².